The highest BCUT2D eigenvalue weighted by Gasteiger charge is 2.20. The molecule has 3 rings (SSSR count). The number of fused-ring (bicyclic) bond motifs is 1. The van der Waals surface area contributed by atoms with Crippen LogP contribution in [0.5, 0.6) is 0 Å². The van der Waals surface area contributed by atoms with Crippen molar-refractivity contribution in [2.75, 3.05) is 37.8 Å². The second kappa shape index (κ2) is 10.4. The number of hydrogen-bond donors (Lipinski definition) is 0. The van der Waals surface area contributed by atoms with Gasteiger partial charge in [0, 0.05) is 28.6 Å². The van der Waals surface area contributed by atoms with Crippen LogP contribution in [0.25, 0.3) is 10.2 Å². The first kappa shape index (κ1) is 22.1. The van der Waals surface area contributed by atoms with Crippen molar-refractivity contribution in [3.63, 3.8) is 0 Å². The summed E-state index contributed by atoms with van der Waals surface area (Å²) in [5.74, 6) is 0.858. The molecule has 0 aliphatic rings. The maximum absolute atomic E-state index is 13.1. The lowest BCUT2D eigenvalue weighted by atomic mass is 10.2. The van der Waals surface area contributed by atoms with Crippen LogP contribution in [0, 0.1) is 6.92 Å². The number of thiazole rings is 1. The second-order valence-electron chi connectivity index (χ2n) is 7.17. The van der Waals surface area contributed by atoms with Crippen molar-refractivity contribution in [1.29, 1.82) is 0 Å². The summed E-state index contributed by atoms with van der Waals surface area (Å²) in [6.45, 7) is 3.68. The third-order valence-corrected chi connectivity index (χ3v) is 6.84. The van der Waals surface area contributed by atoms with Crippen LogP contribution in [0.3, 0.4) is 0 Å². The monoisotopic (exact) mass is 447 g/mol. The van der Waals surface area contributed by atoms with Crippen LogP contribution in [0.15, 0.2) is 47.4 Å². The fourth-order valence-corrected chi connectivity index (χ4v) is 5.04. The van der Waals surface area contributed by atoms with Crippen LogP contribution in [0.2, 0.25) is 5.02 Å². The molecule has 0 aliphatic heterocycles. The Morgan fingerprint density at radius 1 is 1.14 bits per heavy atom. The summed E-state index contributed by atoms with van der Waals surface area (Å²) in [6.07, 6.45) is 1.39. The van der Waals surface area contributed by atoms with Gasteiger partial charge in [0.05, 0.1) is 10.2 Å². The number of hydrogen-bond acceptors (Lipinski definition) is 5. The topological polar surface area (TPSA) is 36.4 Å². The number of nitrogens with zero attached hydrogens (tertiary/aromatic N) is 3. The van der Waals surface area contributed by atoms with Crippen LogP contribution in [0.4, 0.5) is 5.13 Å². The molecule has 0 bridgehead atoms. The van der Waals surface area contributed by atoms with Gasteiger partial charge in [-0.05, 0) is 69.9 Å². The predicted molar refractivity (Wildman–Crippen MR) is 127 cm³/mol. The van der Waals surface area contributed by atoms with Gasteiger partial charge in [0.15, 0.2) is 5.13 Å². The van der Waals surface area contributed by atoms with Crippen LogP contribution in [0.1, 0.15) is 18.4 Å². The summed E-state index contributed by atoms with van der Waals surface area (Å²) in [5.41, 5.74) is 2.14. The molecular weight excluding hydrogens is 422 g/mol. The molecule has 1 amide bonds. The summed E-state index contributed by atoms with van der Waals surface area (Å²) in [5, 5.41) is 1.53. The Morgan fingerprint density at radius 3 is 2.59 bits per heavy atom. The zero-order valence-corrected chi connectivity index (χ0v) is 19.4. The van der Waals surface area contributed by atoms with E-state index in [1.807, 2.05) is 35.2 Å². The smallest absolute Gasteiger partial charge is 0.229 e. The Hall–Kier alpha value is -1.60. The number of rotatable bonds is 9. The van der Waals surface area contributed by atoms with E-state index in [2.05, 4.69) is 38.1 Å². The highest BCUT2D eigenvalue weighted by atomic mass is 35.5. The Labute approximate surface area is 185 Å². The molecule has 1 heterocycles. The number of carbonyl (C=O) groups is 1. The zero-order valence-electron chi connectivity index (χ0n) is 17.0. The van der Waals surface area contributed by atoms with Crippen LogP contribution in [-0.2, 0) is 4.79 Å². The molecule has 2 aromatic carbocycles. The standard InChI is InChI=1S/C22H26ClN3OS2/c1-16-6-4-7-19-21(16)24-22(29-19)26(14-5-13-25(2)3)20(27)12-15-28-18-10-8-17(23)9-11-18/h4,6-11H,5,12-15H2,1-3H3. The van der Waals surface area contributed by atoms with E-state index in [-0.39, 0.29) is 5.91 Å². The molecule has 0 fully saturated rings. The Kier molecular flexibility index (Phi) is 7.95. The minimum absolute atomic E-state index is 0.127. The number of anilines is 1. The summed E-state index contributed by atoms with van der Waals surface area (Å²) in [6, 6.07) is 13.9. The molecule has 0 saturated heterocycles. The average molecular weight is 448 g/mol. The first-order chi connectivity index (χ1) is 13.9. The molecule has 1 aromatic heterocycles. The molecule has 7 heteroatoms. The molecule has 29 heavy (non-hydrogen) atoms. The van der Waals surface area contributed by atoms with Gasteiger partial charge in [-0.15, -0.1) is 11.8 Å². The van der Waals surface area contributed by atoms with E-state index >= 15 is 0 Å². The van der Waals surface area contributed by atoms with Crippen molar-refractivity contribution in [2.24, 2.45) is 0 Å². The highest BCUT2D eigenvalue weighted by Crippen LogP contribution is 2.31. The number of aromatic nitrogens is 1. The van der Waals surface area contributed by atoms with Gasteiger partial charge < -0.3 is 4.90 Å². The molecule has 0 spiro atoms. The zero-order chi connectivity index (χ0) is 20.8. The van der Waals surface area contributed by atoms with E-state index in [4.69, 9.17) is 16.6 Å². The van der Waals surface area contributed by atoms with E-state index in [1.165, 1.54) is 0 Å². The second-order valence-corrected chi connectivity index (χ2v) is 9.79. The molecule has 0 saturated carbocycles. The highest BCUT2D eigenvalue weighted by molar-refractivity contribution is 7.99. The van der Waals surface area contributed by atoms with Gasteiger partial charge in [-0.1, -0.05) is 35.1 Å². The average Bonchev–Trinajstić information content (AvgIpc) is 3.12. The van der Waals surface area contributed by atoms with Gasteiger partial charge in [-0.2, -0.15) is 0 Å². The Bertz CT molecular complexity index is 956. The first-order valence-corrected chi connectivity index (χ1v) is 11.8. The van der Waals surface area contributed by atoms with Crippen molar-refractivity contribution in [1.82, 2.24) is 9.88 Å². The van der Waals surface area contributed by atoms with Gasteiger partial charge in [-0.25, -0.2) is 4.98 Å². The van der Waals surface area contributed by atoms with Gasteiger partial charge >= 0.3 is 0 Å². The summed E-state index contributed by atoms with van der Waals surface area (Å²) in [4.78, 5) is 23.0. The van der Waals surface area contributed by atoms with E-state index in [0.717, 1.165) is 49.5 Å². The van der Waals surface area contributed by atoms with Gasteiger partial charge in [0.2, 0.25) is 5.91 Å². The van der Waals surface area contributed by atoms with Crippen LogP contribution < -0.4 is 4.90 Å². The van der Waals surface area contributed by atoms with Crippen LogP contribution in [-0.4, -0.2) is 48.7 Å². The minimum Gasteiger partial charge on any atom is -0.309 e. The molecule has 0 N–H and O–H groups in total. The third kappa shape index (κ3) is 6.19. The summed E-state index contributed by atoms with van der Waals surface area (Å²) in [7, 11) is 4.10. The van der Waals surface area contributed by atoms with Crippen molar-refractivity contribution in [3.8, 4) is 0 Å². The van der Waals surface area contributed by atoms with Gasteiger partial charge in [-0.3, -0.25) is 9.69 Å². The summed E-state index contributed by atoms with van der Waals surface area (Å²) >= 11 is 9.21. The SMILES string of the molecule is Cc1cccc2sc(N(CCCN(C)C)C(=O)CCSc3ccc(Cl)cc3)nc12. The van der Waals surface area contributed by atoms with E-state index in [9.17, 15) is 4.79 Å². The molecule has 4 nitrogen and oxygen atoms in total. The van der Waals surface area contributed by atoms with Gasteiger partial charge in [0.25, 0.3) is 0 Å². The number of carbonyl (C=O) groups excluding carboxylic acids is 1. The molecule has 0 radical (unpaired) electrons. The molecule has 0 aliphatic carbocycles. The molecule has 3 aromatic rings. The third-order valence-electron chi connectivity index (χ3n) is 4.53. The number of thioether (sulfide) groups is 1. The Morgan fingerprint density at radius 2 is 1.90 bits per heavy atom. The number of benzene rings is 2. The van der Waals surface area contributed by atoms with E-state index < -0.39 is 0 Å². The van der Waals surface area contributed by atoms with Crippen molar-refractivity contribution in [3.05, 3.63) is 53.1 Å². The lowest BCUT2D eigenvalue weighted by molar-refractivity contribution is -0.118. The fourth-order valence-electron chi connectivity index (χ4n) is 2.98. The molecular formula is C22H26ClN3OS2. The van der Waals surface area contributed by atoms with Crippen molar-refractivity contribution >= 4 is 56.0 Å². The van der Waals surface area contributed by atoms with Crippen molar-refractivity contribution < 1.29 is 4.79 Å². The lowest BCUT2D eigenvalue weighted by Crippen LogP contribution is -2.33. The van der Waals surface area contributed by atoms with E-state index in [0.29, 0.717) is 13.0 Å². The van der Waals surface area contributed by atoms with Gasteiger partial charge in [0.1, 0.15) is 0 Å². The maximum Gasteiger partial charge on any atom is 0.229 e. The molecule has 154 valence electrons. The lowest BCUT2D eigenvalue weighted by Gasteiger charge is -2.21. The maximum atomic E-state index is 13.1. The fraction of sp³-hybridized carbons (Fsp3) is 0.364. The number of halogens is 1. The minimum atomic E-state index is 0.127. The quantitative estimate of drug-likeness (QED) is 0.393. The predicted octanol–water partition coefficient (Wildman–Crippen LogP) is 5.73. The normalized spacial score (nSPS) is 11.3. The molecule has 0 atom stereocenters. The largest absolute Gasteiger partial charge is 0.309 e. The van der Waals surface area contributed by atoms with E-state index in [1.54, 1.807) is 23.1 Å². The summed E-state index contributed by atoms with van der Waals surface area (Å²) < 4.78 is 1.13. The molecule has 0 unspecified atom stereocenters. The van der Waals surface area contributed by atoms with Crippen LogP contribution >= 0.6 is 34.7 Å². The van der Waals surface area contributed by atoms with Crippen molar-refractivity contribution in [2.45, 2.75) is 24.7 Å². The Balaban J connectivity index is 1.70. The number of aryl methyl sites for hydroxylation is 1. The first-order valence-electron chi connectivity index (χ1n) is 9.63. The number of para-hydroxylation sites is 1. The number of amides is 1.